The van der Waals surface area contributed by atoms with Crippen LogP contribution in [0, 0.1) is 0 Å². The summed E-state index contributed by atoms with van der Waals surface area (Å²) < 4.78 is 1.91. The number of fused-ring (bicyclic) bond motifs is 1. The highest BCUT2D eigenvalue weighted by Gasteiger charge is 2.20. The van der Waals surface area contributed by atoms with E-state index in [1.54, 1.807) is 12.3 Å². The SMILES string of the molecule is CC/C=N\C(=N/CO)Nc1cc2n(c1)CCC2=O. The molecular weight excluding hydrogens is 232 g/mol. The zero-order chi connectivity index (χ0) is 13.0. The highest BCUT2D eigenvalue weighted by molar-refractivity contribution is 6.01. The van der Waals surface area contributed by atoms with Crippen LogP contribution in [0.3, 0.4) is 0 Å². The van der Waals surface area contributed by atoms with Crippen molar-refractivity contribution in [2.45, 2.75) is 26.3 Å². The Labute approximate surface area is 105 Å². The summed E-state index contributed by atoms with van der Waals surface area (Å²) in [6.45, 7) is 2.36. The van der Waals surface area contributed by atoms with Gasteiger partial charge < -0.3 is 15.0 Å². The maximum atomic E-state index is 11.5. The second-order valence-electron chi connectivity index (χ2n) is 3.95. The van der Waals surface area contributed by atoms with Crippen LogP contribution in [0.25, 0.3) is 0 Å². The molecule has 0 amide bonds. The van der Waals surface area contributed by atoms with E-state index in [9.17, 15) is 4.79 Å². The lowest BCUT2D eigenvalue weighted by Crippen LogP contribution is -2.10. The van der Waals surface area contributed by atoms with Gasteiger partial charge in [0.05, 0.1) is 11.4 Å². The lowest BCUT2D eigenvalue weighted by Gasteiger charge is -2.02. The van der Waals surface area contributed by atoms with Crippen LogP contribution in [0.15, 0.2) is 22.2 Å². The molecule has 2 N–H and O–H groups in total. The zero-order valence-corrected chi connectivity index (χ0v) is 10.3. The van der Waals surface area contributed by atoms with E-state index in [2.05, 4.69) is 15.3 Å². The molecule has 0 saturated heterocycles. The Kier molecular flexibility index (Phi) is 3.88. The molecule has 0 aliphatic carbocycles. The summed E-state index contributed by atoms with van der Waals surface area (Å²) in [5, 5.41) is 11.8. The standard InChI is InChI=1S/C12H16N4O2/c1-2-4-13-12(14-8-17)15-9-6-10-11(18)3-5-16(10)7-9/h4,6-7,17H,2-3,5,8H2,1H3,(H,14,15)/b13-4-. The van der Waals surface area contributed by atoms with Gasteiger partial charge in [0.2, 0.25) is 5.96 Å². The van der Waals surface area contributed by atoms with E-state index in [0.717, 1.165) is 18.7 Å². The number of ketones is 1. The fraction of sp³-hybridized carbons (Fsp3) is 0.417. The van der Waals surface area contributed by atoms with Crippen molar-refractivity contribution >= 4 is 23.6 Å². The number of aliphatic hydroxyl groups excluding tert-OH is 1. The minimum Gasteiger partial charge on any atom is -0.374 e. The van der Waals surface area contributed by atoms with E-state index in [1.807, 2.05) is 17.7 Å². The van der Waals surface area contributed by atoms with Crippen molar-refractivity contribution in [2.75, 3.05) is 12.0 Å². The predicted octanol–water partition coefficient (Wildman–Crippen LogP) is 1.27. The van der Waals surface area contributed by atoms with E-state index < -0.39 is 0 Å². The molecule has 0 radical (unpaired) electrons. The van der Waals surface area contributed by atoms with Crippen LogP contribution < -0.4 is 5.32 Å². The number of hydrogen-bond acceptors (Lipinski definition) is 3. The van der Waals surface area contributed by atoms with Crippen molar-refractivity contribution < 1.29 is 9.90 Å². The molecule has 1 aromatic heterocycles. The molecule has 1 aromatic rings. The number of nitrogens with one attached hydrogen (secondary N) is 1. The maximum Gasteiger partial charge on any atom is 0.224 e. The number of hydrogen-bond donors (Lipinski definition) is 2. The number of carbonyl (C=O) groups excluding carboxylic acids is 1. The second kappa shape index (κ2) is 5.59. The molecule has 6 heteroatoms. The number of aryl methyl sites for hydroxylation is 1. The third kappa shape index (κ3) is 2.65. The van der Waals surface area contributed by atoms with E-state index in [0.29, 0.717) is 18.1 Å². The molecular formula is C12H16N4O2. The predicted molar refractivity (Wildman–Crippen MR) is 70.3 cm³/mol. The summed E-state index contributed by atoms with van der Waals surface area (Å²) in [7, 11) is 0. The summed E-state index contributed by atoms with van der Waals surface area (Å²) in [4.78, 5) is 19.4. The number of guanidine groups is 1. The van der Waals surface area contributed by atoms with E-state index in [-0.39, 0.29) is 12.5 Å². The zero-order valence-electron chi connectivity index (χ0n) is 10.3. The molecule has 96 valence electrons. The van der Waals surface area contributed by atoms with Gasteiger partial charge in [0.15, 0.2) is 5.78 Å². The van der Waals surface area contributed by atoms with Crippen molar-refractivity contribution in [1.29, 1.82) is 0 Å². The molecule has 0 saturated carbocycles. The largest absolute Gasteiger partial charge is 0.374 e. The fourth-order valence-corrected chi connectivity index (χ4v) is 1.84. The fourth-order valence-electron chi connectivity index (χ4n) is 1.84. The first-order valence-corrected chi connectivity index (χ1v) is 5.92. The summed E-state index contributed by atoms with van der Waals surface area (Å²) in [5.74, 6) is 0.497. The van der Waals surface area contributed by atoms with Crippen molar-refractivity contribution in [3.05, 3.63) is 18.0 Å². The van der Waals surface area contributed by atoms with Gasteiger partial charge >= 0.3 is 0 Å². The van der Waals surface area contributed by atoms with Gasteiger partial charge in [0, 0.05) is 25.4 Å². The van der Waals surface area contributed by atoms with Crippen LogP contribution in [-0.2, 0) is 6.54 Å². The molecule has 0 atom stereocenters. The Morgan fingerprint density at radius 3 is 3.17 bits per heavy atom. The average Bonchev–Trinajstić information content (AvgIpc) is 2.89. The first kappa shape index (κ1) is 12.5. The van der Waals surface area contributed by atoms with Crippen molar-refractivity contribution in [3.8, 4) is 0 Å². The summed E-state index contributed by atoms with van der Waals surface area (Å²) in [6, 6.07) is 1.78. The Morgan fingerprint density at radius 1 is 1.67 bits per heavy atom. The van der Waals surface area contributed by atoms with Gasteiger partial charge in [0.25, 0.3) is 0 Å². The lowest BCUT2D eigenvalue weighted by atomic mass is 10.2. The summed E-state index contributed by atoms with van der Waals surface area (Å²) in [5.41, 5.74) is 1.47. The van der Waals surface area contributed by atoms with Gasteiger partial charge in [-0.15, -0.1) is 0 Å². The number of aliphatic hydroxyl groups is 1. The molecule has 0 spiro atoms. The van der Waals surface area contributed by atoms with Gasteiger partial charge in [-0.3, -0.25) is 4.79 Å². The molecule has 2 rings (SSSR count). The minimum atomic E-state index is -0.324. The first-order chi connectivity index (χ1) is 8.74. The molecule has 0 bridgehead atoms. The molecule has 18 heavy (non-hydrogen) atoms. The second-order valence-corrected chi connectivity index (χ2v) is 3.95. The van der Waals surface area contributed by atoms with Crippen LogP contribution in [0.2, 0.25) is 0 Å². The Hall–Kier alpha value is -1.95. The Bertz CT molecular complexity index is 502. The quantitative estimate of drug-likeness (QED) is 0.624. The van der Waals surface area contributed by atoms with Crippen LogP contribution in [-0.4, -0.2) is 34.4 Å². The topological polar surface area (TPSA) is 79.0 Å². The van der Waals surface area contributed by atoms with Gasteiger partial charge in [0.1, 0.15) is 6.73 Å². The van der Waals surface area contributed by atoms with Crippen molar-refractivity contribution in [3.63, 3.8) is 0 Å². The number of nitrogens with zero attached hydrogens (tertiary/aromatic N) is 3. The molecule has 1 aliphatic heterocycles. The van der Waals surface area contributed by atoms with Crippen LogP contribution in [0.4, 0.5) is 5.69 Å². The Morgan fingerprint density at radius 2 is 2.50 bits per heavy atom. The van der Waals surface area contributed by atoms with Gasteiger partial charge in [-0.25, -0.2) is 9.98 Å². The monoisotopic (exact) mass is 248 g/mol. The molecule has 0 unspecified atom stereocenters. The van der Waals surface area contributed by atoms with E-state index in [1.165, 1.54) is 0 Å². The average molecular weight is 248 g/mol. The lowest BCUT2D eigenvalue weighted by molar-refractivity contribution is 0.0994. The molecule has 2 heterocycles. The van der Waals surface area contributed by atoms with Crippen LogP contribution >= 0.6 is 0 Å². The highest BCUT2D eigenvalue weighted by atomic mass is 16.3. The van der Waals surface area contributed by atoms with E-state index in [4.69, 9.17) is 5.11 Å². The smallest absolute Gasteiger partial charge is 0.224 e. The van der Waals surface area contributed by atoms with Gasteiger partial charge in [-0.1, -0.05) is 6.92 Å². The third-order valence-electron chi connectivity index (χ3n) is 2.63. The molecule has 0 aromatic carbocycles. The molecule has 1 aliphatic rings. The van der Waals surface area contributed by atoms with E-state index >= 15 is 0 Å². The summed E-state index contributed by atoms with van der Waals surface area (Å²) in [6.07, 6.45) is 4.92. The van der Waals surface area contributed by atoms with Crippen molar-refractivity contribution in [2.24, 2.45) is 9.98 Å². The highest BCUT2D eigenvalue weighted by Crippen LogP contribution is 2.21. The minimum absolute atomic E-state index is 0.153. The number of rotatable bonds is 3. The molecule has 6 nitrogen and oxygen atoms in total. The third-order valence-corrected chi connectivity index (χ3v) is 2.63. The van der Waals surface area contributed by atoms with Gasteiger partial charge in [-0.2, -0.15) is 0 Å². The van der Waals surface area contributed by atoms with Crippen LogP contribution in [0.5, 0.6) is 0 Å². The number of aromatic nitrogens is 1. The molecule has 0 fully saturated rings. The number of aliphatic imine (C=N–C) groups is 2. The number of anilines is 1. The van der Waals surface area contributed by atoms with Crippen molar-refractivity contribution in [1.82, 2.24) is 4.57 Å². The first-order valence-electron chi connectivity index (χ1n) is 5.92. The Balaban J connectivity index is 2.13. The maximum absolute atomic E-state index is 11.5. The van der Waals surface area contributed by atoms with Crippen LogP contribution in [0.1, 0.15) is 30.3 Å². The number of Topliss-reactive ketones (excluding diaryl/α,β-unsaturated/α-hetero) is 1. The summed E-state index contributed by atoms with van der Waals surface area (Å²) >= 11 is 0. The normalized spacial score (nSPS) is 15.4. The number of carbonyl (C=O) groups is 1. The van der Waals surface area contributed by atoms with Gasteiger partial charge in [-0.05, 0) is 12.5 Å².